The van der Waals surface area contributed by atoms with Crippen molar-refractivity contribution in [3.63, 3.8) is 0 Å². The molecule has 0 atom stereocenters. The molecule has 9 heteroatoms. The van der Waals surface area contributed by atoms with Gasteiger partial charge in [0.05, 0.1) is 11.4 Å². The Morgan fingerprint density at radius 2 is 1.62 bits per heavy atom. The second-order valence-electron chi connectivity index (χ2n) is 9.46. The number of carbonyl (C=O) groups excluding carboxylic acids is 4. The number of ether oxygens (including phenoxy) is 1. The van der Waals surface area contributed by atoms with Gasteiger partial charge in [-0.1, -0.05) is 42.1 Å². The van der Waals surface area contributed by atoms with Crippen molar-refractivity contribution in [1.29, 1.82) is 0 Å². The van der Waals surface area contributed by atoms with Crippen molar-refractivity contribution in [3.8, 4) is 0 Å². The molecule has 0 saturated carbocycles. The number of aromatic nitrogens is 1. The molecule has 0 spiro atoms. The number of hydrogen-bond acceptors (Lipinski definition) is 8. The zero-order valence-electron chi connectivity index (χ0n) is 23.0. The monoisotopic (exact) mass is 578 g/mol. The minimum atomic E-state index is -0.646. The Balaban J connectivity index is 1.64. The molecular formula is C33H26N2O6S. The molecule has 210 valence electrons. The molecule has 5 aromatic rings. The Kier molecular flexibility index (Phi) is 8.21. The summed E-state index contributed by atoms with van der Waals surface area (Å²) in [5.41, 5.74) is 3.75. The average Bonchev–Trinajstić information content (AvgIpc) is 3.64. The third-order valence-corrected chi connectivity index (χ3v) is 7.61. The number of oxime groups is 1. The van der Waals surface area contributed by atoms with Crippen LogP contribution in [0.5, 0.6) is 0 Å². The summed E-state index contributed by atoms with van der Waals surface area (Å²) in [6, 6.07) is 21.5. The van der Waals surface area contributed by atoms with Crippen LogP contribution in [0, 0.1) is 6.92 Å². The molecule has 0 radical (unpaired) electrons. The van der Waals surface area contributed by atoms with Crippen molar-refractivity contribution >= 4 is 62.4 Å². The first-order valence-corrected chi connectivity index (χ1v) is 14.0. The van der Waals surface area contributed by atoms with E-state index in [9.17, 15) is 19.2 Å². The van der Waals surface area contributed by atoms with Gasteiger partial charge in [-0.15, -0.1) is 11.3 Å². The van der Waals surface area contributed by atoms with E-state index in [2.05, 4.69) is 11.7 Å². The van der Waals surface area contributed by atoms with Gasteiger partial charge in [-0.3, -0.25) is 9.59 Å². The van der Waals surface area contributed by atoms with Crippen LogP contribution in [-0.2, 0) is 25.7 Å². The number of fused-ring (bicyclic) bond motifs is 3. The van der Waals surface area contributed by atoms with Gasteiger partial charge in [0.15, 0.2) is 5.71 Å². The van der Waals surface area contributed by atoms with Crippen LogP contribution in [0.2, 0.25) is 0 Å². The number of carbonyl (C=O) groups is 4. The Hall–Kier alpha value is -5.15. The van der Waals surface area contributed by atoms with Crippen molar-refractivity contribution in [1.82, 2.24) is 4.57 Å². The standard InChI is InChI=1S/C33H26N2O6S/c1-4-30(37)40-16-15-35-27-13-11-22(32(38)29-10-7-17-42-29)18-25(27)26-19-23(12-14-28(26)35)33(39)31(34-41-21(3)36)24-9-6-5-8-20(24)2/h4-14,17-19H,1,15-16H2,2-3H3/b34-31+. The Bertz CT molecular complexity index is 1900. The Labute approximate surface area is 245 Å². The van der Waals surface area contributed by atoms with Gasteiger partial charge >= 0.3 is 11.9 Å². The second-order valence-corrected chi connectivity index (χ2v) is 10.4. The number of thiophene rings is 1. The summed E-state index contributed by atoms with van der Waals surface area (Å²) < 4.78 is 7.21. The van der Waals surface area contributed by atoms with Gasteiger partial charge in [-0.25, -0.2) is 9.59 Å². The molecule has 0 bridgehead atoms. The molecule has 0 saturated heterocycles. The maximum atomic E-state index is 13.9. The van der Waals surface area contributed by atoms with Gasteiger partial charge in [0.25, 0.3) is 0 Å². The summed E-state index contributed by atoms with van der Waals surface area (Å²) >= 11 is 1.37. The molecule has 3 aromatic carbocycles. The fourth-order valence-electron chi connectivity index (χ4n) is 4.77. The molecule has 2 heterocycles. The normalized spacial score (nSPS) is 11.4. The lowest BCUT2D eigenvalue weighted by Crippen LogP contribution is -2.18. The highest BCUT2D eigenvalue weighted by Gasteiger charge is 2.22. The van der Waals surface area contributed by atoms with E-state index >= 15 is 0 Å². The van der Waals surface area contributed by atoms with Crippen molar-refractivity contribution in [3.05, 3.63) is 118 Å². The van der Waals surface area contributed by atoms with Crippen LogP contribution < -0.4 is 0 Å². The van der Waals surface area contributed by atoms with E-state index in [0.717, 1.165) is 33.4 Å². The smallest absolute Gasteiger partial charge is 0.332 e. The number of Topliss-reactive ketones (excluding diaryl/α,β-unsaturated/α-hetero) is 1. The first-order valence-electron chi connectivity index (χ1n) is 13.1. The lowest BCUT2D eigenvalue weighted by molar-refractivity contribution is -0.141. The van der Waals surface area contributed by atoms with Crippen LogP contribution >= 0.6 is 11.3 Å². The van der Waals surface area contributed by atoms with E-state index in [1.807, 2.05) is 47.2 Å². The van der Waals surface area contributed by atoms with E-state index in [0.29, 0.717) is 28.1 Å². The molecule has 8 nitrogen and oxygen atoms in total. The third kappa shape index (κ3) is 5.68. The number of aryl methyl sites for hydroxylation is 1. The molecular weight excluding hydrogens is 552 g/mol. The molecule has 0 unspecified atom stereocenters. The molecule has 5 rings (SSSR count). The Morgan fingerprint density at radius 3 is 2.26 bits per heavy atom. The fourth-order valence-corrected chi connectivity index (χ4v) is 5.46. The quantitative estimate of drug-likeness (QED) is 0.0483. The maximum absolute atomic E-state index is 13.9. The van der Waals surface area contributed by atoms with Crippen LogP contribution in [0.1, 0.15) is 43.6 Å². The number of benzene rings is 3. The number of hydrogen-bond donors (Lipinski definition) is 0. The van der Waals surface area contributed by atoms with Gasteiger partial charge in [-0.2, -0.15) is 0 Å². The first kappa shape index (κ1) is 28.4. The number of nitrogens with zero attached hydrogens (tertiary/aromatic N) is 2. The average molecular weight is 579 g/mol. The third-order valence-electron chi connectivity index (χ3n) is 6.74. The van der Waals surface area contributed by atoms with Gasteiger partial charge in [0.1, 0.15) is 6.61 Å². The molecule has 2 aromatic heterocycles. The van der Waals surface area contributed by atoms with Crippen molar-refractivity contribution in [2.24, 2.45) is 5.16 Å². The van der Waals surface area contributed by atoms with Crippen molar-refractivity contribution < 1.29 is 28.8 Å². The molecule has 0 aliphatic heterocycles. The molecule has 0 N–H and O–H groups in total. The SMILES string of the molecule is C=CC(=O)OCCn1c2ccc(C(=O)/C(=N/OC(C)=O)c3ccccc3C)cc2c2cc(C(=O)c3cccs3)ccc21. The van der Waals surface area contributed by atoms with Gasteiger partial charge in [0, 0.05) is 51.5 Å². The van der Waals surface area contributed by atoms with Crippen LogP contribution in [0.15, 0.2) is 96.0 Å². The first-order chi connectivity index (χ1) is 20.3. The molecule has 0 aliphatic rings. The minimum absolute atomic E-state index is 0.00344. The molecule has 42 heavy (non-hydrogen) atoms. The van der Waals surface area contributed by atoms with Crippen LogP contribution in [0.3, 0.4) is 0 Å². The van der Waals surface area contributed by atoms with Crippen molar-refractivity contribution in [2.45, 2.75) is 20.4 Å². The topological polar surface area (TPSA) is 104 Å². The van der Waals surface area contributed by atoms with Crippen LogP contribution in [0.25, 0.3) is 21.8 Å². The fraction of sp³-hybridized carbons (Fsp3) is 0.121. The predicted octanol–water partition coefficient (Wildman–Crippen LogP) is 6.27. The summed E-state index contributed by atoms with van der Waals surface area (Å²) in [4.78, 5) is 55.8. The van der Waals surface area contributed by atoms with E-state index in [-0.39, 0.29) is 18.1 Å². The van der Waals surface area contributed by atoms with Gasteiger partial charge in [-0.05, 0) is 60.3 Å². The summed E-state index contributed by atoms with van der Waals surface area (Å²) in [6.07, 6.45) is 1.11. The van der Waals surface area contributed by atoms with E-state index in [4.69, 9.17) is 9.57 Å². The molecule has 0 amide bonds. The number of ketones is 2. The largest absolute Gasteiger partial charge is 0.461 e. The highest BCUT2D eigenvalue weighted by atomic mass is 32.1. The number of esters is 1. The zero-order valence-corrected chi connectivity index (χ0v) is 23.8. The maximum Gasteiger partial charge on any atom is 0.332 e. The predicted molar refractivity (Wildman–Crippen MR) is 162 cm³/mol. The lowest BCUT2D eigenvalue weighted by Gasteiger charge is -2.10. The van der Waals surface area contributed by atoms with Crippen molar-refractivity contribution in [2.75, 3.05) is 6.61 Å². The highest BCUT2D eigenvalue weighted by molar-refractivity contribution is 7.12. The summed E-state index contributed by atoms with van der Waals surface area (Å²) in [7, 11) is 0. The van der Waals surface area contributed by atoms with Crippen LogP contribution in [0.4, 0.5) is 0 Å². The van der Waals surface area contributed by atoms with Crippen LogP contribution in [-0.4, -0.2) is 40.4 Å². The van der Waals surface area contributed by atoms with E-state index < -0.39 is 17.7 Å². The summed E-state index contributed by atoms with van der Waals surface area (Å²) in [5.74, 6) is -1.70. The summed E-state index contributed by atoms with van der Waals surface area (Å²) in [5, 5.41) is 7.25. The number of rotatable bonds is 10. The minimum Gasteiger partial charge on any atom is -0.461 e. The Morgan fingerprint density at radius 1 is 0.929 bits per heavy atom. The highest BCUT2D eigenvalue weighted by Crippen LogP contribution is 2.32. The lowest BCUT2D eigenvalue weighted by atomic mass is 9.96. The van der Waals surface area contributed by atoms with Gasteiger partial charge in [0.2, 0.25) is 11.6 Å². The molecule has 0 fully saturated rings. The van der Waals surface area contributed by atoms with Gasteiger partial charge < -0.3 is 14.1 Å². The second kappa shape index (κ2) is 12.2. The zero-order chi connectivity index (χ0) is 29.8. The van der Waals surface area contributed by atoms with E-state index in [1.54, 1.807) is 42.5 Å². The van der Waals surface area contributed by atoms with E-state index in [1.165, 1.54) is 18.3 Å². The summed E-state index contributed by atoms with van der Waals surface area (Å²) in [6.45, 7) is 6.93. The molecule has 0 aliphatic carbocycles.